The molecular formula is C18H18FNO3S. The van der Waals surface area contributed by atoms with Gasteiger partial charge in [-0.05, 0) is 29.8 Å². The van der Waals surface area contributed by atoms with E-state index in [9.17, 15) is 9.18 Å². The van der Waals surface area contributed by atoms with Gasteiger partial charge in [0, 0.05) is 23.9 Å². The lowest BCUT2D eigenvalue weighted by atomic mass is 10.1. The molecule has 1 fully saturated rings. The van der Waals surface area contributed by atoms with Crippen molar-refractivity contribution in [1.82, 2.24) is 4.90 Å². The summed E-state index contributed by atoms with van der Waals surface area (Å²) < 4.78 is 24.0. The summed E-state index contributed by atoms with van der Waals surface area (Å²) in [6.45, 7) is 0.615. The largest absolute Gasteiger partial charge is 0.497 e. The topological polar surface area (TPSA) is 38.8 Å². The van der Waals surface area contributed by atoms with Gasteiger partial charge in [0.1, 0.15) is 22.7 Å². The second-order valence-electron chi connectivity index (χ2n) is 5.38. The number of hydrogen-bond acceptors (Lipinski definition) is 4. The Balaban J connectivity index is 1.91. The maximum atomic E-state index is 13.5. The van der Waals surface area contributed by atoms with Gasteiger partial charge in [0.15, 0.2) is 0 Å². The molecular weight excluding hydrogens is 329 g/mol. The minimum Gasteiger partial charge on any atom is -0.497 e. The highest BCUT2D eigenvalue weighted by Gasteiger charge is 2.31. The number of amides is 1. The van der Waals surface area contributed by atoms with E-state index >= 15 is 0 Å². The number of carbonyl (C=O) groups excluding carboxylic acids is 1. The first-order chi connectivity index (χ1) is 11.6. The average molecular weight is 347 g/mol. The van der Waals surface area contributed by atoms with Gasteiger partial charge in [-0.15, -0.1) is 11.8 Å². The predicted molar refractivity (Wildman–Crippen MR) is 92.2 cm³/mol. The zero-order valence-corrected chi connectivity index (χ0v) is 14.3. The normalized spacial score (nSPS) is 17.0. The molecule has 0 aliphatic carbocycles. The van der Waals surface area contributed by atoms with Crippen LogP contribution < -0.4 is 9.47 Å². The molecule has 2 aromatic carbocycles. The zero-order chi connectivity index (χ0) is 17.1. The Bertz CT molecular complexity index is 731. The number of rotatable bonds is 4. The van der Waals surface area contributed by atoms with Crippen molar-refractivity contribution in [3.63, 3.8) is 0 Å². The highest BCUT2D eigenvalue weighted by atomic mass is 32.2. The van der Waals surface area contributed by atoms with Gasteiger partial charge in [0.25, 0.3) is 5.91 Å². The van der Waals surface area contributed by atoms with Crippen molar-refractivity contribution in [3.05, 3.63) is 59.4 Å². The minimum atomic E-state index is -0.296. The summed E-state index contributed by atoms with van der Waals surface area (Å²) in [6.07, 6.45) is 0. The second kappa shape index (κ2) is 7.13. The Kier molecular flexibility index (Phi) is 4.94. The van der Waals surface area contributed by atoms with Crippen LogP contribution in [0, 0.1) is 5.82 Å². The Hall–Kier alpha value is -2.21. The van der Waals surface area contributed by atoms with Crippen LogP contribution in [0.1, 0.15) is 21.3 Å². The molecule has 126 valence electrons. The number of carbonyl (C=O) groups is 1. The molecule has 0 radical (unpaired) electrons. The van der Waals surface area contributed by atoms with Crippen LogP contribution in [0.4, 0.5) is 4.39 Å². The smallest absolute Gasteiger partial charge is 0.255 e. The summed E-state index contributed by atoms with van der Waals surface area (Å²) in [5.41, 5.74) is 1.29. The van der Waals surface area contributed by atoms with Gasteiger partial charge in [-0.1, -0.05) is 12.1 Å². The number of thioether (sulfide) groups is 1. The monoisotopic (exact) mass is 347 g/mol. The van der Waals surface area contributed by atoms with Crippen molar-refractivity contribution in [1.29, 1.82) is 0 Å². The molecule has 0 unspecified atom stereocenters. The molecule has 0 saturated carbocycles. The van der Waals surface area contributed by atoms with Crippen LogP contribution in [0.5, 0.6) is 11.5 Å². The summed E-state index contributed by atoms with van der Waals surface area (Å²) in [7, 11) is 3.09. The van der Waals surface area contributed by atoms with Gasteiger partial charge in [-0.25, -0.2) is 4.39 Å². The molecule has 0 spiro atoms. The third kappa shape index (κ3) is 3.33. The third-order valence-electron chi connectivity index (χ3n) is 3.88. The second-order valence-corrected chi connectivity index (χ2v) is 6.57. The number of hydrogen-bond donors (Lipinski definition) is 0. The molecule has 0 aromatic heterocycles. The summed E-state index contributed by atoms with van der Waals surface area (Å²) in [5, 5.41) is -0.189. The summed E-state index contributed by atoms with van der Waals surface area (Å²) in [4.78, 5) is 14.7. The third-order valence-corrected chi connectivity index (χ3v) is 5.14. The number of ether oxygens (including phenoxy) is 2. The molecule has 6 heteroatoms. The summed E-state index contributed by atoms with van der Waals surface area (Å²) in [6, 6.07) is 11.5. The Morgan fingerprint density at radius 3 is 2.50 bits per heavy atom. The lowest BCUT2D eigenvalue weighted by Gasteiger charge is -2.24. The molecule has 1 aliphatic rings. The minimum absolute atomic E-state index is 0.119. The van der Waals surface area contributed by atoms with E-state index in [4.69, 9.17) is 9.47 Å². The molecule has 1 atom stereocenters. The average Bonchev–Trinajstić information content (AvgIpc) is 3.10. The number of nitrogens with zero attached hydrogens (tertiary/aromatic N) is 1. The Morgan fingerprint density at radius 2 is 1.88 bits per heavy atom. The van der Waals surface area contributed by atoms with Crippen molar-refractivity contribution in [2.24, 2.45) is 0 Å². The molecule has 24 heavy (non-hydrogen) atoms. The van der Waals surface area contributed by atoms with Crippen LogP contribution in [0.25, 0.3) is 0 Å². The highest BCUT2D eigenvalue weighted by Crippen LogP contribution is 2.39. The van der Waals surface area contributed by atoms with Gasteiger partial charge >= 0.3 is 0 Å². The van der Waals surface area contributed by atoms with E-state index in [0.717, 1.165) is 11.3 Å². The van der Waals surface area contributed by atoms with E-state index in [0.29, 0.717) is 23.6 Å². The van der Waals surface area contributed by atoms with Crippen molar-refractivity contribution in [2.45, 2.75) is 5.37 Å². The lowest BCUT2D eigenvalue weighted by molar-refractivity contribution is 0.0759. The Morgan fingerprint density at radius 1 is 1.17 bits per heavy atom. The fourth-order valence-corrected chi connectivity index (χ4v) is 3.96. The first kappa shape index (κ1) is 16.6. The van der Waals surface area contributed by atoms with Gasteiger partial charge < -0.3 is 14.4 Å². The quantitative estimate of drug-likeness (QED) is 0.845. The number of halogens is 1. The van der Waals surface area contributed by atoms with Crippen LogP contribution in [-0.2, 0) is 0 Å². The molecule has 0 N–H and O–H groups in total. The summed E-state index contributed by atoms with van der Waals surface area (Å²) >= 11 is 1.63. The van der Waals surface area contributed by atoms with Gasteiger partial charge in [0.05, 0.1) is 14.2 Å². The lowest BCUT2D eigenvalue weighted by Crippen LogP contribution is -2.30. The van der Waals surface area contributed by atoms with E-state index in [2.05, 4.69) is 0 Å². The van der Waals surface area contributed by atoms with Crippen LogP contribution in [0.15, 0.2) is 42.5 Å². The number of methoxy groups -OCH3 is 2. The molecule has 2 aromatic rings. The molecule has 1 saturated heterocycles. The first-order valence-electron chi connectivity index (χ1n) is 7.53. The standard InChI is InChI=1S/C18H18FNO3S/c1-22-15-9-13(10-16(11-15)23-2)17(21)20-6-7-24-18(20)12-4-3-5-14(19)8-12/h3-5,8-11,18H,6-7H2,1-2H3/t18-/m1/s1. The summed E-state index contributed by atoms with van der Waals surface area (Å²) in [5.74, 6) is 1.52. The van der Waals surface area contributed by atoms with Crippen LogP contribution >= 0.6 is 11.8 Å². The van der Waals surface area contributed by atoms with Gasteiger partial charge in [0.2, 0.25) is 0 Å². The zero-order valence-electron chi connectivity index (χ0n) is 13.5. The van der Waals surface area contributed by atoms with Crippen molar-refractivity contribution < 1.29 is 18.7 Å². The van der Waals surface area contributed by atoms with Crippen molar-refractivity contribution in [3.8, 4) is 11.5 Å². The van der Waals surface area contributed by atoms with Gasteiger partial charge in [-0.3, -0.25) is 4.79 Å². The Labute approximate surface area is 144 Å². The maximum absolute atomic E-state index is 13.5. The van der Waals surface area contributed by atoms with E-state index in [1.165, 1.54) is 12.1 Å². The predicted octanol–water partition coefficient (Wildman–Crippen LogP) is 3.73. The molecule has 4 nitrogen and oxygen atoms in total. The molecule has 1 amide bonds. The highest BCUT2D eigenvalue weighted by molar-refractivity contribution is 7.99. The van der Waals surface area contributed by atoms with Crippen molar-refractivity contribution in [2.75, 3.05) is 26.5 Å². The maximum Gasteiger partial charge on any atom is 0.255 e. The molecule has 3 rings (SSSR count). The molecule has 0 bridgehead atoms. The van der Waals surface area contributed by atoms with Crippen LogP contribution in [-0.4, -0.2) is 37.3 Å². The van der Waals surface area contributed by atoms with E-state index in [1.807, 2.05) is 6.07 Å². The fourth-order valence-electron chi connectivity index (χ4n) is 2.71. The number of benzene rings is 2. The van der Waals surface area contributed by atoms with E-state index in [-0.39, 0.29) is 17.1 Å². The SMILES string of the molecule is COc1cc(OC)cc(C(=O)N2CCS[C@@H]2c2cccc(F)c2)c1. The van der Waals surface area contributed by atoms with Gasteiger partial charge in [-0.2, -0.15) is 0 Å². The van der Waals surface area contributed by atoms with E-state index < -0.39 is 0 Å². The van der Waals surface area contributed by atoms with E-state index in [1.54, 1.807) is 55.1 Å². The fraction of sp³-hybridized carbons (Fsp3) is 0.278. The molecule has 1 heterocycles. The first-order valence-corrected chi connectivity index (χ1v) is 8.58. The molecule has 1 aliphatic heterocycles. The van der Waals surface area contributed by atoms with Crippen LogP contribution in [0.2, 0.25) is 0 Å². The van der Waals surface area contributed by atoms with Crippen molar-refractivity contribution >= 4 is 17.7 Å². The van der Waals surface area contributed by atoms with Crippen LogP contribution in [0.3, 0.4) is 0 Å².